The molecule has 1 aliphatic carbocycles. The van der Waals surface area contributed by atoms with Crippen molar-refractivity contribution in [1.82, 2.24) is 0 Å². The average molecular weight is 166 g/mol. The zero-order chi connectivity index (χ0) is 8.77. The van der Waals surface area contributed by atoms with E-state index in [1.807, 2.05) is 26.0 Å². The molecule has 0 radical (unpaired) electrons. The average Bonchev–Trinajstić information content (AvgIpc) is 2.25. The number of rotatable bonds is 0. The summed E-state index contributed by atoms with van der Waals surface area (Å²) in [6.07, 6.45) is 6.40. The van der Waals surface area contributed by atoms with E-state index in [0.717, 1.165) is 0 Å². The minimum atomic E-state index is -0.431. The van der Waals surface area contributed by atoms with Crippen LogP contribution in [0, 0.1) is 0 Å². The van der Waals surface area contributed by atoms with Gasteiger partial charge in [0.05, 0.1) is 0 Å². The first-order chi connectivity index (χ1) is 5.58. The Kier molecular flexibility index (Phi) is 1.63. The molecule has 0 aromatic heterocycles. The van der Waals surface area contributed by atoms with Crippen molar-refractivity contribution in [3.63, 3.8) is 0 Å². The van der Waals surface area contributed by atoms with Gasteiger partial charge in [-0.3, -0.25) is 0 Å². The Labute approximate surface area is 72.9 Å². The van der Waals surface area contributed by atoms with Crippen LogP contribution in [-0.2, 0) is 9.47 Å². The van der Waals surface area contributed by atoms with Crippen LogP contribution in [0.15, 0.2) is 23.8 Å². The maximum atomic E-state index is 5.72. The van der Waals surface area contributed by atoms with Crippen molar-refractivity contribution in [2.24, 2.45) is 0 Å². The molecule has 12 heavy (non-hydrogen) atoms. The summed E-state index contributed by atoms with van der Waals surface area (Å²) < 4.78 is 11.4. The van der Waals surface area contributed by atoms with Gasteiger partial charge in [-0.25, -0.2) is 0 Å². The number of hydrogen-bond acceptors (Lipinski definition) is 2. The van der Waals surface area contributed by atoms with Gasteiger partial charge in [0, 0.05) is 0 Å². The number of allylic oxidation sites excluding steroid dienone is 2. The molecule has 2 nitrogen and oxygen atoms in total. The molecule has 1 fully saturated rings. The van der Waals surface area contributed by atoms with Gasteiger partial charge in [0.1, 0.15) is 12.2 Å². The molecule has 1 aliphatic heterocycles. The minimum Gasteiger partial charge on any atom is -0.340 e. The van der Waals surface area contributed by atoms with Crippen LogP contribution < -0.4 is 0 Å². The van der Waals surface area contributed by atoms with Gasteiger partial charge < -0.3 is 9.47 Å². The first kappa shape index (κ1) is 8.02. The quantitative estimate of drug-likeness (QED) is 0.548. The Hall–Kier alpha value is -0.600. The van der Waals surface area contributed by atoms with Gasteiger partial charge in [0.15, 0.2) is 5.79 Å². The molecular weight excluding hydrogens is 152 g/mol. The third kappa shape index (κ3) is 1.21. The maximum Gasteiger partial charge on any atom is 0.164 e. The summed E-state index contributed by atoms with van der Waals surface area (Å²) >= 11 is 0. The highest BCUT2D eigenvalue weighted by atomic mass is 16.7. The van der Waals surface area contributed by atoms with Crippen molar-refractivity contribution in [3.8, 4) is 0 Å². The number of ether oxygens (including phenoxy) is 2. The second-order valence-corrected chi connectivity index (χ2v) is 3.82. The largest absolute Gasteiger partial charge is 0.340 e. The Balaban J connectivity index is 2.24. The summed E-state index contributed by atoms with van der Waals surface area (Å²) in [5, 5.41) is 0. The molecular formula is C10H14O2. The van der Waals surface area contributed by atoms with Gasteiger partial charge in [-0.15, -0.1) is 0 Å². The second-order valence-electron chi connectivity index (χ2n) is 3.82. The summed E-state index contributed by atoms with van der Waals surface area (Å²) in [7, 11) is 0. The normalized spacial score (nSPS) is 37.8. The van der Waals surface area contributed by atoms with Gasteiger partial charge in [0.2, 0.25) is 0 Å². The van der Waals surface area contributed by atoms with Gasteiger partial charge in [-0.05, 0) is 26.3 Å². The molecule has 0 amide bonds. The molecule has 2 atom stereocenters. The van der Waals surface area contributed by atoms with E-state index in [-0.39, 0.29) is 12.2 Å². The lowest BCUT2D eigenvalue weighted by molar-refractivity contribution is -0.139. The molecule has 2 aliphatic rings. The van der Waals surface area contributed by atoms with E-state index < -0.39 is 5.79 Å². The fourth-order valence-electron chi connectivity index (χ4n) is 1.69. The van der Waals surface area contributed by atoms with E-state index in [4.69, 9.17) is 9.47 Å². The molecule has 1 saturated heterocycles. The fourth-order valence-corrected chi connectivity index (χ4v) is 1.69. The zero-order valence-electron chi connectivity index (χ0n) is 7.70. The Bertz CT molecular complexity index is 251. The van der Waals surface area contributed by atoms with Crippen molar-refractivity contribution in [3.05, 3.63) is 23.8 Å². The molecule has 0 spiro atoms. The molecule has 0 bridgehead atoms. The predicted octanol–water partition coefficient (Wildman–Crippen LogP) is 2.02. The van der Waals surface area contributed by atoms with E-state index in [9.17, 15) is 0 Å². The summed E-state index contributed by atoms with van der Waals surface area (Å²) in [5.41, 5.74) is 1.24. The van der Waals surface area contributed by atoms with Crippen LogP contribution in [-0.4, -0.2) is 18.0 Å². The third-order valence-corrected chi connectivity index (χ3v) is 2.24. The van der Waals surface area contributed by atoms with Crippen LogP contribution >= 0.6 is 0 Å². The van der Waals surface area contributed by atoms with E-state index in [1.54, 1.807) is 0 Å². The standard InChI is InChI=1S/C10H14O2/c1-7-5-4-6-8-9(7)12-10(2,3)11-8/h4-6,8-9H,1-3H3. The molecule has 0 N–H and O–H groups in total. The third-order valence-electron chi connectivity index (χ3n) is 2.24. The number of hydrogen-bond donors (Lipinski definition) is 0. The van der Waals surface area contributed by atoms with E-state index >= 15 is 0 Å². The van der Waals surface area contributed by atoms with Crippen molar-refractivity contribution in [2.45, 2.75) is 38.8 Å². The first-order valence-corrected chi connectivity index (χ1v) is 4.29. The highest BCUT2D eigenvalue weighted by Gasteiger charge is 2.41. The van der Waals surface area contributed by atoms with Crippen molar-refractivity contribution < 1.29 is 9.47 Å². The van der Waals surface area contributed by atoms with Crippen LogP contribution in [0.4, 0.5) is 0 Å². The molecule has 66 valence electrons. The minimum absolute atomic E-state index is 0.116. The summed E-state index contributed by atoms with van der Waals surface area (Å²) in [6.45, 7) is 5.98. The molecule has 2 rings (SSSR count). The molecule has 2 heteroatoms. The maximum absolute atomic E-state index is 5.72. The highest BCUT2D eigenvalue weighted by molar-refractivity contribution is 5.25. The van der Waals surface area contributed by atoms with Crippen LogP contribution in [0.1, 0.15) is 20.8 Å². The second kappa shape index (κ2) is 2.44. The van der Waals surface area contributed by atoms with E-state index in [2.05, 4.69) is 13.0 Å². The van der Waals surface area contributed by atoms with Gasteiger partial charge >= 0.3 is 0 Å². The molecule has 2 unspecified atom stereocenters. The Morgan fingerprint density at radius 1 is 1.33 bits per heavy atom. The number of fused-ring (bicyclic) bond motifs is 1. The van der Waals surface area contributed by atoms with Crippen molar-refractivity contribution in [1.29, 1.82) is 0 Å². The summed E-state index contributed by atoms with van der Waals surface area (Å²) in [4.78, 5) is 0. The van der Waals surface area contributed by atoms with Crippen LogP contribution in [0.25, 0.3) is 0 Å². The van der Waals surface area contributed by atoms with E-state index in [0.29, 0.717) is 0 Å². The SMILES string of the molecule is CC1=CC=CC2OC(C)(C)OC12. The smallest absolute Gasteiger partial charge is 0.164 e. The van der Waals surface area contributed by atoms with Crippen LogP contribution in [0.5, 0.6) is 0 Å². The summed E-state index contributed by atoms with van der Waals surface area (Å²) in [5.74, 6) is -0.431. The zero-order valence-corrected chi connectivity index (χ0v) is 7.70. The molecule has 1 heterocycles. The Morgan fingerprint density at radius 2 is 2.08 bits per heavy atom. The topological polar surface area (TPSA) is 18.5 Å². The highest BCUT2D eigenvalue weighted by Crippen LogP contribution is 2.34. The lowest BCUT2D eigenvalue weighted by Crippen LogP contribution is -2.23. The first-order valence-electron chi connectivity index (χ1n) is 4.29. The molecule has 0 saturated carbocycles. The van der Waals surface area contributed by atoms with Crippen molar-refractivity contribution >= 4 is 0 Å². The lowest BCUT2D eigenvalue weighted by Gasteiger charge is -2.17. The molecule has 0 aromatic rings. The lowest BCUT2D eigenvalue weighted by atomic mass is 10.0. The fraction of sp³-hybridized carbons (Fsp3) is 0.600. The van der Waals surface area contributed by atoms with Gasteiger partial charge in [-0.2, -0.15) is 0 Å². The van der Waals surface area contributed by atoms with Crippen LogP contribution in [0.2, 0.25) is 0 Å². The van der Waals surface area contributed by atoms with E-state index in [1.165, 1.54) is 5.57 Å². The Morgan fingerprint density at radius 3 is 2.75 bits per heavy atom. The predicted molar refractivity (Wildman–Crippen MR) is 46.7 cm³/mol. The van der Waals surface area contributed by atoms with Gasteiger partial charge in [0.25, 0.3) is 0 Å². The molecule has 0 aromatic carbocycles. The monoisotopic (exact) mass is 166 g/mol. The van der Waals surface area contributed by atoms with Crippen LogP contribution in [0.3, 0.4) is 0 Å². The van der Waals surface area contributed by atoms with Gasteiger partial charge in [-0.1, -0.05) is 18.2 Å². The van der Waals surface area contributed by atoms with Crippen molar-refractivity contribution in [2.75, 3.05) is 0 Å². The summed E-state index contributed by atoms with van der Waals surface area (Å²) in [6, 6.07) is 0.